The summed E-state index contributed by atoms with van der Waals surface area (Å²) in [6.07, 6.45) is 16.4. The molecule has 0 aliphatic carbocycles. The standard InChI is InChI=1S/C17H37O3P/c1-3-5-6-7-8-9-10-11-12-13-14-15-17-21(18,19)20-16-4-2/h3-17H2,1-2H3,(H,18,19). The molecular weight excluding hydrogens is 283 g/mol. The molecule has 0 saturated heterocycles. The molecule has 1 unspecified atom stereocenters. The minimum absolute atomic E-state index is 0.324. The second kappa shape index (κ2) is 15.1. The maximum absolute atomic E-state index is 11.6. The summed E-state index contributed by atoms with van der Waals surface area (Å²) in [7, 11) is -3.29. The summed E-state index contributed by atoms with van der Waals surface area (Å²) >= 11 is 0. The number of rotatable bonds is 16. The molecule has 0 amide bonds. The lowest BCUT2D eigenvalue weighted by molar-refractivity contribution is 0.259. The average molecular weight is 320 g/mol. The predicted molar refractivity (Wildman–Crippen MR) is 92.0 cm³/mol. The van der Waals surface area contributed by atoms with Crippen molar-refractivity contribution in [2.24, 2.45) is 0 Å². The van der Waals surface area contributed by atoms with E-state index in [0.717, 1.165) is 19.3 Å². The Hall–Kier alpha value is 0.150. The van der Waals surface area contributed by atoms with Gasteiger partial charge in [0.1, 0.15) is 0 Å². The van der Waals surface area contributed by atoms with Crippen molar-refractivity contribution in [3.8, 4) is 0 Å². The molecule has 1 N–H and O–H groups in total. The van der Waals surface area contributed by atoms with Gasteiger partial charge in [0.25, 0.3) is 0 Å². The van der Waals surface area contributed by atoms with Gasteiger partial charge in [-0.2, -0.15) is 0 Å². The third-order valence-electron chi connectivity index (χ3n) is 3.79. The van der Waals surface area contributed by atoms with Crippen molar-refractivity contribution in [2.45, 2.75) is 97.3 Å². The minimum atomic E-state index is -3.29. The normalized spacial score (nSPS) is 14.2. The maximum Gasteiger partial charge on any atom is 0.328 e. The fraction of sp³-hybridized carbons (Fsp3) is 1.00. The van der Waals surface area contributed by atoms with Crippen LogP contribution in [-0.2, 0) is 9.09 Å². The van der Waals surface area contributed by atoms with E-state index in [2.05, 4.69) is 6.92 Å². The molecule has 0 aromatic carbocycles. The lowest BCUT2D eigenvalue weighted by Crippen LogP contribution is -1.96. The van der Waals surface area contributed by atoms with Gasteiger partial charge in [0.05, 0.1) is 6.61 Å². The second-order valence-corrected chi connectivity index (χ2v) is 8.06. The molecular formula is C17H37O3P. The molecule has 3 nitrogen and oxygen atoms in total. The third-order valence-corrected chi connectivity index (χ3v) is 5.26. The Morgan fingerprint density at radius 1 is 0.714 bits per heavy atom. The highest BCUT2D eigenvalue weighted by atomic mass is 31.2. The predicted octanol–water partition coefficient (Wildman–Crippen LogP) is 6.30. The summed E-state index contributed by atoms with van der Waals surface area (Å²) in [6, 6.07) is 0. The van der Waals surface area contributed by atoms with Crippen LogP contribution < -0.4 is 0 Å². The van der Waals surface area contributed by atoms with Gasteiger partial charge < -0.3 is 9.42 Å². The molecule has 1 atom stereocenters. The highest BCUT2D eigenvalue weighted by Crippen LogP contribution is 2.42. The molecule has 128 valence electrons. The van der Waals surface area contributed by atoms with Crippen molar-refractivity contribution in [1.82, 2.24) is 0 Å². The molecule has 0 spiro atoms. The zero-order valence-electron chi connectivity index (χ0n) is 14.3. The molecule has 0 radical (unpaired) electrons. The Bertz CT molecular complexity index is 256. The van der Waals surface area contributed by atoms with Crippen molar-refractivity contribution in [3.63, 3.8) is 0 Å². The van der Waals surface area contributed by atoms with E-state index >= 15 is 0 Å². The lowest BCUT2D eigenvalue weighted by atomic mass is 10.1. The highest BCUT2D eigenvalue weighted by molar-refractivity contribution is 7.52. The molecule has 4 heteroatoms. The van der Waals surface area contributed by atoms with E-state index in [1.807, 2.05) is 6.92 Å². The number of hydrogen-bond donors (Lipinski definition) is 1. The van der Waals surface area contributed by atoms with Crippen LogP contribution in [0, 0.1) is 0 Å². The zero-order valence-corrected chi connectivity index (χ0v) is 15.2. The Morgan fingerprint density at radius 3 is 1.57 bits per heavy atom. The van der Waals surface area contributed by atoms with E-state index in [1.54, 1.807) is 0 Å². The van der Waals surface area contributed by atoms with Gasteiger partial charge in [-0.25, -0.2) is 0 Å². The summed E-state index contributed by atoms with van der Waals surface area (Å²) in [6.45, 7) is 4.60. The van der Waals surface area contributed by atoms with Gasteiger partial charge in [0, 0.05) is 6.16 Å². The van der Waals surface area contributed by atoms with Crippen molar-refractivity contribution < 1.29 is 14.0 Å². The van der Waals surface area contributed by atoms with Gasteiger partial charge in [-0.05, 0) is 12.8 Å². The summed E-state index contributed by atoms with van der Waals surface area (Å²) in [4.78, 5) is 9.54. The van der Waals surface area contributed by atoms with Gasteiger partial charge in [-0.3, -0.25) is 4.57 Å². The second-order valence-electron chi connectivity index (χ2n) is 6.08. The van der Waals surface area contributed by atoms with E-state index in [9.17, 15) is 9.46 Å². The molecule has 0 fully saturated rings. The fourth-order valence-electron chi connectivity index (χ4n) is 2.45. The lowest BCUT2D eigenvalue weighted by Gasteiger charge is -2.11. The van der Waals surface area contributed by atoms with E-state index in [4.69, 9.17) is 4.52 Å². The van der Waals surface area contributed by atoms with Crippen LogP contribution in [0.5, 0.6) is 0 Å². The average Bonchev–Trinajstić information content (AvgIpc) is 2.46. The van der Waals surface area contributed by atoms with Crippen LogP contribution >= 0.6 is 7.60 Å². The van der Waals surface area contributed by atoms with Crippen LogP contribution in [0.15, 0.2) is 0 Å². The van der Waals surface area contributed by atoms with Crippen LogP contribution in [0.25, 0.3) is 0 Å². The largest absolute Gasteiger partial charge is 0.328 e. The van der Waals surface area contributed by atoms with Gasteiger partial charge >= 0.3 is 7.60 Å². The molecule has 0 saturated carbocycles. The fourth-order valence-corrected chi connectivity index (χ4v) is 3.67. The molecule has 0 aliphatic heterocycles. The SMILES string of the molecule is CCCCCCCCCCCCCCP(=O)(O)OCCC. The Kier molecular flexibility index (Phi) is 15.2. The molecule has 0 aromatic rings. The van der Waals surface area contributed by atoms with E-state index < -0.39 is 7.60 Å². The molecule has 0 bridgehead atoms. The summed E-state index contributed by atoms with van der Waals surface area (Å²) in [5.41, 5.74) is 0. The Morgan fingerprint density at radius 2 is 1.14 bits per heavy atom. The van der Waals surface area contributed by atoms with Crippen LogP contribution in [0.3, 0.4) is 0 Å². The van der Waals surface area contributed by atoms with Crippen molar-refractivity contribution >= 4 is 7.60 Å². The molecule has 0 aromatic heterocycles. The van der Waals surface area contributed by atoms with Gasteiger partial charge in [0.15, 0.2) is 0 Å². The molecule has 0 rings (SSSR count). The minimum Gasteiger partial charge on any atom is -0.324 e. The third kappa shape index (κ3) is 16.3. The first-order chi connectivity index (χ1) is 10.1. The van der Waals surface area contributed by atoms with E-state index in [1.165, 1.54) is 64.2 Å². The van der Waals surface area contributed by atoms with Crippen LogP contribution in [-0.4, -0.2) is 17.7 Å². The van der Waals surface area contributed by atoms with Crippen LogP contribution in [0.4, 0.5) is 0 Å². The Balaban J connectivity index is 3.20. The number of unbranched alkanes of at least 4 members (excludes halogenated alkanes) is 11. The smallest absolute Gasteiger partial charge is 0.324 e. The first-order valence-corrected chi connectivity index (χ1v) is 10.8. The maximum atomic E-state index is 11.6. The van der Waals surface area contributed by atoms with Gasteiger partial charge in [-0.1, -0.05) is 84.5 Å². The summed E-state index contributed by atoms with van der Waals surface area (Å²) in [5.74, 6) is 0. The van der Waals surface area contributed by atoms with Crippen LogP contribution in [0.1, 0.15) is 97.3 Å². The highest BCUT2D eigenvalue weighted by Gasteiger charge is 2.17. The van der Waals surface area contributed by atoms with Gasteiger partial charge in [-0.15, -0.1) is 0 Å². The van der Waals surface area contributed by atoms with Crippen molar-refractivity contribution in [1.29, 1.82) is 0 Å². The Labute approximate surface area is 132 Å². The van der Waals surface area contributed by atoms with E-state index in [0.29, 0.717) is 12.8 Å². The number of hydrogen-bond acceptors (Lipinski definition) is 2. The molecule has 0 aliphatic rings. The quantitative estimate of drug-likeness (QED) is 0.268. The van der Waals surface area contributed by atoms with Crippen LogP contribution in [0.2, 0.25) is 0 Å². The molecule has 0 heterocycles. The van der Waals surface area contributed by atoms with Gasteiger partial charge in [0.2, 0.25) is 0 Å². The molecule has 21 heavy (non-hydrogen) atoms. The monoisotopic (exact) mass is 320 g/mol. The first kappa shape index (κ1) is 21.1. The van der Waals surface area contributed by atoms with E-state index in [-0.39, 0.29) is 0 Å². The van der Waals surface area contributed by atoms with Crippen molar-refractivity contribution in [2.75, 3.05) is 12.8 Å². The zero-order chi connectivity index (χ0) is 15.8. The first-order valence-electron chi connectivity index (χ1n) is 9.08. The van der Waals surface area contributed by atoms with Crippen molar-refractivity contribution in [3.05, 3.63) is 0 Å². The summed E-state index contributed by atoms with van der Waals surface area (Å²) < 4.78 is 16.6. The summed E-state index contributed by atoms with van der Waals surface area (Å²) in [5, 5.41) is 0. The topological polar surface area (TPSA) is 46.5 Å².